The molecule has 0 spiro atoms. The molecule has 0 aromatic heterocycles. The highest BCUT2D eigenvalue weighted by atomic mass is 35.5. The highest BCUT2D eigenvalue weighted by Crippen LogP contribution is 2.28. The fourth-order valence-electron chi connectivity index (χ4n) is 1.56. The van der Waals surface area contributed by atoms with Gasteiger partial charge >= 0.3 is 0 Å². The van der Waals surface area contributed by atoms with E-state index in [-0.39, 0.29) is 12.6 Å². The molecule has 1 N–H and O–H groups in total. The fourth-order valence-corrected chi connectivity index (χ4v) is 1.92. The molecule has 106 valence electrons. The lowest BCUT2D eigenvalue weighted by molar-refractivity contribution is 0.359. The Balaban J connectivity index is 2.68. The molecule has 0 radical (unpaired) electrons. The first-order valence-corrected chi connectivity index (χ1v) is 7.38. The summed E-state index contributed by atoms with van der Waals surface area (Å²) in [5.41, 5.74) is 2.41. The van der Waals surface area contributed by atoms with E-state index in [2.05, 4.69) is 19.2 Å². The topological polar surface area (TPSA) is 21.3 Å². The SMILES string of the molecule is CCCNC(C)c1ccc(OC/C(Cl)=C/Cl)c(Cl)c1. The normalized spacial score (nSPS) is 13.4. The first-order chi connectivity index (χ1) is 9.08. The van der Waals surface area contributed by atoms with Crippen molar-refractivity contribution in [3.63, 3.8) is 0 Å². The monoisotopic (exact) mass is 321 g/mol. The third-order valence-corrected chi connectivity index (χ3v) is 3.53. The summed E-state index contributed by atoms with van der Waals surface area (Å²) in [5, 5.41) is 4.41. The Bertz CT molecular complexity index is 435. The Labute approximate surface area is 129 Å². The van der Waals surface area contributed by atoms with Gasteiger partial charge in [0.25, 0.3) is 0 Å². The molecule has 0 amide bonds. The van der Waals surface area contributed by atoms with Crippen molar-refractivity contribution in [2.75, 3.05) is 13.2 Å². The summed E-state index contributed by atoms with van der Waals surface area (Å²) in [6.45, 7) is 5.44. The number of halogens is 3. The van der Waals surface area contributed by atoms with Gasteiger partial charge in [-0.1, -0.05) is 47.8 Å². The smallest absolute Gasteiger partial charge is 0.138 e. The zero-order valence-corrected chi connectivity index (χ0v) is 13.3. The van der Waals surface area contributed by atoms with E-state index in [4.69, 9.17) is 39.5 Å². The molecule has 0 aliphatic heterocycles. The van der Waals surface area contributed by atoms with Crippen LogP contribution in [0.2, 0.25) is 5.02 Å². The van der Waals surface area contributed by atoms with Crippen LogP contribution in [-0.2, 0) is 0 Å². The molecule has 2 nitrogen and oxygen atoms in total. The van der Waals surface area contributed by atoms with E-state index < -0.39 is 0 Å². The van der Waals surface area contributed by atoms with Gasteiger partial charge in [-0.3, -0.25) is 0 Å². The van der Waals surface area contributed by atoms with Gasteiger partial charge in [-0.25, -0.2) is 0 Å². The van der Waals surface area contributed by atoms with Gasteiger partial charge in [0.1, 0.15) is 12.4 Å². The summed E-state index contributed by atoms with van der Waals surface area (Å²) in [7, 11) is 0. The van der Waals surface area contributed by atoms with Crippen LogP contribution in [0.3, 0.4) is 0 Å². The van der Waals surface area contributed by atoms with E-state index in [1.807, 2.05) is 18.2 Å². The van der Waals surface area contributed by atoms with E-state index in [0.29, 0.717) is 15.8 Å². The van der Waals surface area contributed by atoms with E-state index in [1.165, 1.54) is 5.54 Å². The van der Waals surface area contributed by atoms with E-state index >= 15 is 0 Å². The molecule has 0 heterocycles. The average Bonchev–Trinajstić information content (AvgIpc) is 2.42. The Kier molecular flexibility index (Phi) is 7.62. The van der Waals surface area contributed by atoms with Crippen molar-refractivity contribution < 1.29 is 4.74 Å². The standard InChI is InChI=1S/C14H18Cl3NO/c1-3-6-18-10(2)11-4-5-14(13(17)7-11)19-9-12(16)8-15/h4-5,7-8,10,18H,3,6,9H2,1-2H3/b12-8-. The maximum Gasteiger partial charge on any atom is 0.138 e. The lowest BCUT2D eigenvalue weighted by Gasteiger charge is -2.15. The van der Waals surface area contributed by atoms with Crippen molar-refractivity contribution >= 4 is 34.8 Å². The van der Waals surface area contributed by atoms with Crippen molar-refractivity contribution in [1.29, 1.82) is 0 Å². The van der Waals surface area contributed by atoms with E-state index in [9.17, 15) is 0 Å². The van der Waals surface area contributed by atoms with Crippen LogP contribution in [0.25, 0.3) is 0 Å². The van der Waals surface area contributed by atoms with Gasteiger partial charge in [0, 0.05) is 11.6 Å². The molecule has 5 heteroatoms. The Morgan fingerprint density at radius 1 is 1.47 bits per heavy atom. The molecule has 0 aliphatic rings. The summed E-state index contributed by atoms with van der Waals surface area (Å²) in [5.74, 6) is 0.602. The Morgan fingerprint density at radius 3 is 2.79 bits per heavy atom. The van der Waals surface area contributed by atoms with Crippen molar-refractivity contribution in [3.05, 3.63) is 39.4 Å². The minimum absolute atomic E-state index is 0.216. The summed E-state index contributed by atoms with van der Waals surface area (Å²) in [4.78, 5) is 0. The molecule has 1 rings (SSSR count). The second-order valence-electron chi connectivity index (χ2n) is 4.21. The van der Waals surface area contributed by atoms with Crippen LogP contribution in [-0.4, -0.2) is 13.2 Å². The van der Waals surface area contributed by atoms with Crippen LogP contribution in [0.1, 0.15) is 31.9 Å². The van der Waals surface area contributed by atoms with Crippen molar-refractivity contribution in [1.82, 2.24) is 5.32 Å². The van der Waals surface area contributed by atoms with Gasteiger partial charge in [0.2, 0.25) is 0 Å². The van der Waals surface area contributed by atoms with Crippen LogP contribution in [0.5, 0.6) is 5.75 Å². The molecule has 0 saturated heterocycles. The van der Waals surface area contributed by atoms with Crippen LogP contribution in [0, 0.1) is 0 Å². The summed E-state index contributed by atoms with van der Waals surface area (Å²) in [6.07, 6.45) is 1.10. The van der Waals surface area contributed by atoms with Gasteiger partial charge in [-0.05, 0) is 37.6 Å². The highest BCUT2D eigenvalue weighted by molar-refractivity contribution is 6.36. The number of hydrogen-bond acceptors (Lipinski definition) is 2. The van der Waals surface area contributed by atoms with Crippen molar-refractivity contribution in [3.8, 4) is 5.75 Å². The molecule has 0 bridgehead atoms. The average molecular weight is 323 g/mol. The third kappa shape index (κ3) is 5.62. The molecule has 0 aliphatic carbocycles. The van der Waals surface area contributed by atoms with Crippen LogP contribution in [0.4, 0.5) is 0 Å². The molecule has 1 unspecified atom stereocenters. The quantitative estimate of drug-likeness (QED) is 0.754. The highest BCUT2D eigenvalue weighted by Gasteiger charge is 2.08. The van der Waals surface area contributed by atoms with E-state index in [0.717, 1.165) is 18.5 Å². The number of hydrogen-bond donors (Lipinski definition) is 1. The van der Waals surface area contributed by atoms with Gasteiger partial charge < -0.3 is 10.1 Å². The van der Waals surface area contributed by atoms with E-state index in [1.54, 1.807) is 0 Å². The molecule has 0 saturated carbocycles. The predicted octanol–water partition coefficient (Wildman–Crippen LogP) is 5.10. The Morgan fingerprint density at radius 2 is 2.21 bits per heavy atom. The molecule has 19 heavy (non-hydrogen) atoms. The predicted molar refractivity (Wildman–Crippen MR) is 83.4 cm³/mol. The molecule has 1 atom stereocenters. The van der Waals surface area contributed by atoms with Gasteiger partial charge in [-0.15, -0.1) is 0 Å². The van der Waals surface area contributed by atoms with Gasteiger partial charge in [-0.2, -0.15) is 0 Å². The second-order valence-corrected chi connectivity index (χ2v) is 5.32. The number of benzene rings is 1. The Hall–Kier alpha value is -0.410. The van der Waals surface area contributed by atoms with Crippen LogP contribution < -0.4 is 10.1 Å². The maximum atomic E-state index is 6.19. The minimum Gasteiger partial charge on any atom is -0.486 e. The summed E-state index contributed by atoms with van der Waals surface area (Å²) >= 11 is 17.4. The summed E-state index contributed by atoms with van der Waals surface area (Å²) in [6, 6.07) is 6.01. The molecular weight excluding hydrogens is 305 g/mol. The minimum atomic E-state index is 0.216. The third-order valence-electron chi connectivity index (χ3n) is 2.64. The largest absolute Gasteiger partial charge is 0.486 e. The van der Waals surface area contributed by atoms with Crippen LogP contribution in [0.15, 0.2) is 28.8 Å². The zero-order valence-electron chi connectivity index (χ0n) is 11.1. The molecular formula is C14H18Cl3NO. The second kappa shape index (κ2) is 8.70. The first-order valence-electron chi connectivity index (χ1n) is 6.18. The lowest BCUT2D eigenvalue weighted by Crippen LogP contribution is -2.19. The summed E-state index contributed by atoms with van der Waals surface area (Å²) < 4.78 is 5.47. The van der Waals surface area contributed by atoms with Crippen molar-refractivity contribution in [2.24, 2.45) is 0 Å². The lowest BCUT2D eigenvalue weighted by atomic mass is 10.1. The molecule has 1 aromatic rings. The van der Waals surface area contributed by atoms with Crippen molar-refractivity contribution in [2.45, 2.75) is 26.3 Å². The zero-order chi connectivity index (χ0) is 14.3. The van der Waals surface area contributed by atoms with Crippen LogP contribution >= 0.6 is 34.8 Å². The fraction of sp³-hybridized carbons (Fsp3) is 0.429. The number of rotatable bonds is 7. The maximum absolute atomic E-state index is 6.19. The number of ether oxygens (including phenoxy) is 1. The molecule has 0 fully saturated rings. The molecule has 1 aromatic carbocycles. The number of nitrogens with one attached hydrogen (secondary N) is 1. The van der Waals surface area contributed by atoms with Gasteiger partial charge in [0.05, 0.1) is 10.1 Å². The van der Waals surface area contributed by atoms with Gasteiger partial charge in [0.15, 0.2) is 0 Å². The first kappa shape index (κ1) is 16.6.